The van der Waals surface area contributed by atoms with Crippen LogP contribution in [0.3, 0.4) is 0 Å². The van der Waals surface area contributed by atoms with Gasteiger partial charge in [-0.05, 0) is 56.1 Å². The Morgan fingerprint density at radius 3 is 2.57 bits per heavy atom. The van der Waals surface area contributed by atoms with E-state index in [2.05, 4.69) is 13.8 Å². The van der Waals surface area contributed by atoms with Crippen LogP contribution in [0.4, 0.5) is 0 Å². The van der Waals surface area contributed by atoms with Crippen LogP contribution in [-0.2, 0) is 19.2 Å². The maximum absolute atomic E-state index is 14.1. The maximum atomic E-state index is 14.1. The Labute approximate surface area is 166 Å². The van der Waals surface area contributed by atoms with Crippen molar-refractivity contribution in [2.24, 2.45) is 29.1 Å². The van der Waals surface area contributed by atoms with Crippen molar-refractivity contribution in [3.63, 3.8) is 0 Å². The van der Waals surface area contributed by atoms with Gasteiger partial charge in [-0.3, -0.25) is 10.1 Å². The quantitative estimate of drug-likeness (QED) is 0.405. The number of carbonyl (C=O) groups excluding carboxylic acids is 1. The first-order chi connectivity index (χ1) is 13.0. The van der Waals surface area contributed by atoms with Gasteiger partial charge in [-0.25, -0.2) is 4.89 Å². The van der Waals surface area contributed by atoms with Crippen LogP contribution in [0, 0.1) is 29.1 Å². The maximum Gasteiger partial charge on any atom is 0.179 e. The Morgan fingerprint density at radius 1 is 1.25 bits per heavy atom. The van der Waals surface area contributed by atoms with Crippen molar-refractivity contribution < 1.29 is 29.5 Å². The molecule has 1 saturated heterocycles. The van der Waals surface area contributed by atoms with Gasteiger partial charge in [0.2, 0.25) is 0 Å². The highest BCUT2D eigenvalue weighted by molar-refractivity contribution is 5.94. The summed E-state index contributed by atoms with van der Waals surface area (Å²) in [6.45, 7) is 11.9. The number of carbonyl (C=O) groups is 1. The van der Waals surface area contributed by atoms with Gasteiger partial charge in [0, 0.05) is 5.92 Å². The van der Waals surface area contributed by atoms with Crippen molar-refractivity contribution >= 4 is 5.78 Å². The second-order valence-corrected chi connectivity index (χ2v) is 9.84. The Bertz CT molecular complexity index is 754. The number of ketones is 1. The number of rotatable bonds is 1. The third-order valence-corrected chi connectivity index (χ3v) is 7.88. The first-order valence-electron chi connectivity index (χ1n) is 10.3. The fourth-order valence-electron chi connectivity index (χ4n) is 6.19. The average Bonchev–Trinajstić information content (AvgIpc) is 2.79. The van der Waals surface area contributed by atoms with Gasteiger partial charge in [0.15, 0.2) is 17.2 Å². The Kier molecular flexibility index (Phi) is 4.50. The molecule has 0 unspecified atom stereocenters. The molecular weight excluding hydrogens is 360 g/mol. The smallest absolute Gasteiger partial charge is 0.179 e. The molecule has 2 N–H and O–H groups in total. The van der Waals surface area contributed by atoms with Crippen molar-refractivity contribution in [2.45, 2.75) is 71.6 Å². The van der Waals surface area contributed by atoms with Crippen LogP contribution in [0.25, 0.3) is 0 Å². The molecule has 1 spiro atoms. The first kappa shape index (κ1) is 20.2. The van der Waals surface area contributed by atoms with E-state index in [0.29, 0.717) is 11.5 Å². The lowest BCUT2D eigenvalue weighted by molar-refractivity contribution is -0.403. The van der Waals surface area contributed by atoms with Crippen LogP contribution in [0.15, 0.2) is 23.3 Å². The van der Waals surface area contributed by atoms with Crippen molar-refractivity contribution in [1.82, 2.24) is 0 Å². The van der Waals surface area contributed by atoms with Gasteiger partial charge in [-0.2, -0.15) is 0 Å². The van der Waals surface area contributed by atoms with E-state index in [0.717, 1.165) is 12.0 Å². The molecule has 6 heteroatoms. The van der Waals surface area contributed by atoms with Crippen molar-refractivity contribution in [3.05, 3.63) is 23.3 Å². The van der Waals surface area contributed by atoms with E-state index >= 15 is 0 Å². The Hall–Kier alpha value is -1.05. The van der Waals surface area contributed by atoms with Gasteiger partial charge in [-0.15, -0.1) is 0 Å². The van der Waals surface area contributed by atoms with Crippen LogP contribution in [0.5, 0.6) is 0 Å². The summed E-state index contributed by atoms with van der Waals surface area (Å²) in [5.74, 6) is -0.990. The standard InChI is InChI=1S/C22H32O6/c1-11-7-13(3)21-9-12(2)17(23)22(21,28-25)19-15(10-26-20(5,6)27-19)8-16(14(11)4)18(21)24/h8-9,11,13-14,16-17,19,23,25H,7,10H2,1-6H3/t11-,13-,14-,16+,17+,19-,21+,22-/m1/s1. The summed E-state index contributed by atoms with van der Waals surface area (Å²) in [4.78, 5) is 19.3. The molecule has 0 aromatic rings. The molecule has 28 heavy (non-hydrogen) atoms. The summed E-state index contributed by atoms with van der Waals surface area (Å²) in [5.41, 5.74) is -1.42. The monoisotopic (exact) mass is 392 g/mol. The second-order valence-electron chi connectivity index (χ2n) is 9.84. The number of hydrogen-bond donors (Lipinski definition) is 2. The molecule has 156 valence electrons. The van der Waals surface area contributed by atoms with Crippen molar-refractivity contribution in [2.75, 3.05) is 6.61 Å². The Morgan fingerprint density at radius 2 is 1.93 bits per heavy atom. The molecule has 1 aliphatic heterocycles. The summed E-state index contributed by atoms with van der Waals surface area (Å²) in [6, 6.07) is 0. The number of aliphatic hydroxyl groups is 1. The van der Waals surface area contributed by atoms with Gasteiger partial charge < -0.3 is 14.6 Å². The molecule has 4 aliphatic rings. The first-order valence-corrected chi connectivity index (χ1v) is 10.3. The largest absolute Gasteiger partial charge is 0.385 e. The highest BCUT2D eigenvalue weighted by atomic mass is 17.1. The fraction of sp³-hybridized carbons (Fsp3) is 0.773. The summed E-state index contributed by atoms with van der Waals surface area (Å²) in [5, 5.41) is 21.6. The molecule has 2 fully saturated rings. The van der Waals surface area contributed by atoms with Crippen LogP contribution < -0.4 is 0 Å². The zero-order valence-electron chi connectivity index (χ0n) is 17.6. The van der Waals surface area contributed by atoms with Gasteiger partial charge in [-0.1, -0.05) is 32.9 Å². The molecule has 8 atom stereocenters. The van der Waals surface area contributed by atoms with E-state index in [1.807, 2.05) is 19.1 Å². The summed E-state index contributed by atoms with van der Waals surface area (Å²) < 4.78 is 12.1. The number of Topliss-reactive ketones (excluding diaryl/α,β-unsaturated/α-hetero) is 1. The molecule has 3 aliphatic carbocycles. The van der Waals surface area contributed by atoms with E-state index < -0.39 is 29.0 Å². The molecule has 0 radical (unpaired) electrons. The molecule has 1 saturated carbocycles. The molecule has 0 aromatic carbocycles. The van der Waals surface area contributed by atoms with Crippen LogP contribution in [0.2, 0.25) is 0 Å². The number of fused-ring (bicyclic) bond motifs is 3. The van der Waals surface area contributed by atoms with Crippen LogP contribution in [-0.4, -0.2) is 46.3 Å². The molecule has 6 nitrogen and oxygen atoms in total. The second kappa shape index (κ2) is 6.22. The van der Waals surface area contributed by atoms with E-state index in [4.69, 9.17) is 14.4 Å². The molecule has 1 heterocycles. The minimum absolute atomic E-state index is 0.00916. The van der Waals surface area contributed by atoms with Gasteiger partial charge in [0.1, 0.15) is 12.2 Å². The SMILES string of the molecule is CC1=C[C@]23C(=O)[C@@H](C=C4COC(C)(C)O[C@H]4[C@]2(OO)[C@H]1O)[C@H](C)[C@H](C)C[C@H]3C. The van der Waals surface area contributed by atoms with Crippen LogP contribution >= 0.6 is 0 Å². The molecule has 4 rings (SSSR count). The minimum Gasteiger partial charge on any atom is -0.385 e. The predicted octanol–water partition coefficient (Wildman–Crippen LogP) is 3.11. The third-order valence-electron chi connectivity index (χ3n) is 7.88. The molecule has 0 amide bonds. The zero-order chi connectivity index (χ0) is 20.6. The van der Waals surface area contributed by atoms with Crippen molar-refractivity contribution in [3.8, 4) is 0 Å². The highest BCUT2D eigenvalue weighted by Crippen LogP contribution is 2.62. The van der Waals surface area contributed by atoms with Gasteiger partial charge in [0.25, 0.3) is 0 Å². The lowest BCUT2D eigenvalue weighted by Gasteiger charge is -2.52. The van der Waals surface area contributed by atoms with Gasteiger partial charge >= 0.3 is 0 Å². The zero-order valence-corrected chi connectivity index (χ0v) is 17.6. The number of ether oxygens (including phenoxy) is 2. The molecular formula is C22H32O6. The number of hydrogen-bond acceptors (Lipinski definition) is 6. The Balaban J connectivity index is 2.04. The molecule has 0 aromatic heterocycles. The van der Waals surface area contributed by atoms with Gasteiger partial charge in [0.05, 0.1) is 12.0 Å². The highest BCUT2D eigenvalue weighted by Gasteiger charge is 2.74. The number of allylic oxidation sites excluding steroid dienone is 1. The van der Waals surface area contributed by atoms with E-state index in [9.17, 15) is 15.2 Å². The summed E-state index contributed by atoms with van der Waals surface area (Å²) in [6.07, 6.45) is 2.65. The van der Waals surface area contributed by atoms with E-state index in [1.165, 1.54) is 0 Å². The lowest BCUT2D eigenvalue weighted by atomic mass is 9.59. The third kappa shape index (κ3) is 2.30. The van der Waals surface area contributed by atoms with Crippen LogP contribution in [0.1, 0.15) is 48.0 Å². The summed E-state index contributed by atoms with van der Waals surface area (Å²) in [7, 11) is 0. The average molecular weight is 392 g/mol. The summed E-state index contributed by atoms with van der Waals surface area (Å²) >= 11 is 0. The lowest BCUT2D eigenvalue weighted by Crippen LogP contribution is -2.68. The minimum atomic E-state index is -1.63. The topological polar surface area (TPSA) is 85.2 Å². The van der Waals surface area contributed by atoms with Crippen molar-refractivity contribution in [1.29, 1.82) is 0 Å². The number of aliphatic hydroxyl groups excluding tert-OH is 1. The molecule has 2 bridgehead atoms. The van der Waals surface area contributed by atoms with E-state index in [1.54, 1.807) is 20.8 Å². The van der Waals surface area contributed by atoms with E-state index in [-0.39, 0.29) is 30.1 Å². The fourth-order valence-corrected chi connectivity index (χ4v) is 6.19. The normalized spacial score (nSPS) is 50.1. The predicted molar refractivity (Wildman–Crippen MR) is 102 cm³/mol.